The maximum absolute atomic E-state index is 12.3. The summed E-state index contributed by atoms with van der Waals surface area (Å²) in [4.78, 5) is 28.3. The second-order valence-corrected chi connectivity index (χ2v) is 7.60. The van der Waals surface area contributed by atoms with E-state index in [1.165, 1.54) is 5.69 Å². The first-order chi connectivity index (χ1) is 14.2. The lowest BCUT2D eigenvalue weighted by Crippen LogP contribution is -2.46. The van der Waals surface area contributed by atoms with Crippen LogP contribution in [0.15, 0.2) is 54.6 Å². The van der Waals surface area contributed by atoms with E-state index in [1.54, 1.807) is 4.90 Å². The molecule has 1 N–H and O–H groups in total. The number of amides is 2. The minimum Gasteiger partial charge on any atom is -0.484 e. The Hall–Kier alpha value is -3.02. The summed E-state index contributed by atoms with van der Waals surface area (Å²) in [5, 5.41) is 3.08. The molecule has 29 heavy (non-hydrogen) atoms. The van der Waals surface area contributed by atoms with Gasteiger partial charge in [0, 0.05) is 49.5 Å². The van der Waals surface area contributed by atoms with E-state index in [1.807, 2.05) is 30.3 Å². The second kappa shape index (κ2) is 8.99. The van der Waals surface area contributed by atoms with Crippen molar-refractivity contribution >= 4 is 23.2 Å². The fourth-order valence-electron chi connectivity index (χ4n) is 4.00. The quantitative estimate of drug-likeness (QED) is 0.820. The van der Waals surface area contributed by atoms with Gasteiger partial charge in [-0.1, -0.05) is 24.3 Å². The standard InChI is InChI=1S/C23H27N3O3/c27-22(24-18-11-14-25(15-12-18)19-6-2-1-3-7-19)17-29-21-9-4-8-20(16-21)26-13-5-10-23(26)28/h1-4,6-9,16,18H,5,10-15,17H2,(H,24,27). The summed E-state index contributed by atoms with van der Waals surface area (Å²) < 4.78 is 5.67. The van der Waals surface area contributed by atoms with E-state index in [9.17, 15) is 9.59 Å². The summed E-state index contributed by atoms with van der Waals surface area (Å²) in [5.74, 6) is 0.642. The molecule has 152 valence electrons. The highest BCUT2D eigenvalue weighted by atomic mass is 16.5. The Balaban J connectivity index is 1.23. The average molecular weight is 393 g/mol. The minimum atomic E-state index is -0.106. The van der Waals surface area contributed by atoms with Gasteiger partial charge in [-0.2, -0.15) is 0 Å². The van der Waals surface area contributed by atoms with Gasteiger partial charge in [-0.25, -0.2) is 0 Å². The molecule has 0 atom stereocenters. The van der Waals surface area contributed by atoms with Crippen molar-refractivity contribution in [3.63, 3.8) is 0 Å². The molecule has 2 aliphatic heterocycles. The number of anilines is 2. The number of carbonyl (C=O) groups excluding carboxylic acids is 2. The molecule has 4 rings (SSSR count). The summed E-state index contributed by atoms with van der Waals surface area (Å²) in [6, 6.07) is 17.9. The van der Waals surface area contributed by atoms with Crippen LogP contribution < -0.4 is 19.9 Å². The van der Waals surface area contributed by atoms with Crippen molar-refractivity contribution in [2.24, 2.45) is 0 Å². The number of hydrogen-bond donors (Lipinski definition) is 1. The molecule has 0 saturated carbocycles. The molecule has 0 aliphatic carbocycles. The summed E-state index contributed by atoms with van der Waals surface area (Å²) in [6.07, 6.45) is 3.33. The predicted octanol–water partition coefficient (Wildman–Crippen LogP) is 2.98. The number of rotatable bonds is 6. The van der Waals surface area contributed by atoms with Crippen LogP contribution in [-0.4, -0.2) is 44.1 Å². The molecular formula is C23H27N3O3. The van der Waals surface area contributed by atoms with E-state index in [0.29, 0.717) is 12.2 Å². The predicted molar refractivity (Wildman–Crippen MR) is 113 cm³/mol. The van der Waals surface area contributed by atoms with Crippen LogP contribution in [0, 0.1) is 0 Å². The van der Waals surface area contributed by atoms with Crippen molar-refractivity contribution in [1.29, 1.82) is 0 Å². The normalized spacial score (nSPS) is 17.4. The zero-order valence-corrected chi connectivity index (χ0v) is 16.5. The van der Waals surface area contributed by atoms with E-state index in [4.69, 9.17) is 4.74 Å². The van der Waals surface area contributed by atoms with Crippen molar-refractivity contribution in [2.75, 3.05) is 36.0 Å². The van der Waals surface area contributed by atoms with Crippen molar-refractivity contribution < 1.29 is 14.3 Å². The summed E-state index contributed by atoms with van der Waals surface area (Å²) in [5.41, 5.74) is 2.07. The first-order valence-corrected chi connectivity index (χ1v) is 10.3. The van der Waals surface area contributed by atoms with E-state index < -0.39 is 0 Å². The van der Waals surface area contributed by atoms with Gasteiger partial charge in [0.1, 0.15) is 5.75 Å². The minimum absolute atomic E-state index is 0.0176. The molecule has 2 aliphatic rings. The Bertz CT molecular complexity index is 847. The van der Waals surface area contributed by atoms with Crippen LogP contribution in [0.3, 0.4) is 0 Å². The monoisotopic (exact) mass is 393 g/mol. The lowest BCUT2D eigenvalue weighted by atomic mass is 10.0. The van der Waals surface area contributed by atoms with Gasteiger partial charge in [0.25, 0.3) is 5.91 Å². The lowest BCUT2D eigenvalue weighted by molar-refractivity contribution is -0.124. The number of hydrogen-bond acceptors (Lipinski definition) is 4. The topological polar surface area (TPSA) is 61.9 Å². The Labute approximate surface area is 171 Å². The van der Waals surface area contributed by atoms with Crippen LogP contribution in [0.2, 0.25) is 0 Å². The fourth-order valence-corrected chi connectivity index (χ4v) is 4.00. The third kappa shape index (κ3) is 4.88. The lowest BCUT2D eigenvalue weighted by Gasteiger charge is -2.34. The molecule has 0 bridgehead atoms. The van der Waals surface area contributed by atoms with Crippen LogP contribution >= 0.6 is 0 Å². The molecule has 0 aromatic heterocycles. The van der Waals surface area contributed by atoms with Gasteiger partial charge in [0.05, 0.1) is 0 Å². The van der Waals surface area contributed by atoms with E-state index in [-0.39, 0.29) is 24.5 Å². The first-order valence-electron chi connectivity index (χ1n) is 10.3. The zero-order valence-electron chi connectivity index (χ0n) is 16.5. The molecule has 2 aromatic rings. The molecule has 0 radical (unpaired) electrons. The number of nitrogens with one attached hydrogen (secondary N) is 1. The van der Waals surface area contributed by atoms with E-state index in [0.717, 1.165) is 44.6 Å². The SMILES string of the molecule is O=C(COc1cccc(N2CCCC2=O)c1)NC1CCN(c2ccccc2)CC1. The molecule has 6 nitrogen and oxygen atoms in total. The number of carbonyl (C=O) groups is 2. The van der Waals surface area contributed by atoms with Crippen LogP contribution in [0.1, 0.15) is 25.7 Å². The van der Waals surface area contributed by atoms with Crippen molar-refractivity contribution in [2.45, 2.75) is 31.7 Å². The highest BCUT2D eigenvalue weighted by Gasteiger charge is 2.23. The molecule has 0 unspecified atom stereocenters. The zero-order chi connectivity index (χ0) is 20.1. The Morgan fingerprint density at radius 3 is 2.48 bits per heavy atom. The second-order valence-electron chi connectivity index (χ2n) is 7.60. The number of ether oxygens (including phenoxy) is 1. The Kier molecular flexibility index (Phi) is 5.98. The number of benzene rings is 2. The molecule has 2 fully saturated rings. The van der Waals surface area contributed by atoms with Gasteiger partial charge in [-0.15, -0.1) is 0 Å². The summed E-state index contributed by atoms with van der Waals surface area (Å²) in [7, 11) is 0. The fraction of sp³-hybridized carbons (Fsp3) is 0.391. The molecule has 2 heterocycles. The van der Waals surface area contributed by atoms with Gasteiger partial charge in [0.2, 0.25) is 5.91 Å². The number of nitrogens with zero attached hydrogens (tertiary/aromatic N) is 2. The van der Waals surface area contributed by atoms with Crippen LogP contribution in [-0.2, 0) is 9.59 Å². The largest absolute Gasteiger partial charge is 0.484 e. The Morgan fingerprint density at radius 1 is 1.00 bits per heavy atom. The molecule has 6 heteroatoms. The summed E-state index contributed by atoms with van der Waals surface area (Å²) in [6.45, 7) is 2.59. The van der Waals surface area contributed by atoms with Crippen LogP contribution in [0.4, 0.5) is 11.4 Å². The van der Waals surface area contributed by atoms with Crippen molar-refractivity contribution in [3.8, 4) is 5.75 Å². The summed E-state index contributed by atoms with van der Waals surface area (Å²) >= 11 is 0. The third-order valence-corrected chi connectivity index (χ3v) is 5.55. The van der Waals surface area contributed by atoms with Gasteiger partial charge < -0.3 is 19.9 Å². The van der Waals surface area contributed by atoms with Crippen molar-refractivity contribution in [3.05, 3.63) is 54.6 Å². The molecule has 2 saturated heterocycles. The van der Waals surface area contributed by atoms with Crippen LogP contribution in [0.5, 0.6) is 5.75 Å². The maximum Gasteiger partial charge on any atom is 0.258 e. The average Bonchev–Trinajstić information content (AvgIpc) is 3.20. The van der Waals surface area contributed by atoms with Gasteiger partial charge in [0.15, 0.2) is 6.61 Å². The highest BCUT2D eigenvalue weighted by Crippen LogP contribution is 2.25. The van der Waals surface area contributed by atoms with Gasteiger partial charge in [-0.3, -0.25) is 9.59 Å². The van der Waals surface area contributed by atoms with E-state index in [2.05, 4.69) is 34.5 Å². The molecule has 2 amide bonds. The van der Waals surface area contributed by atoms with E-state index >= 15 is 0 Å². The molecular weight excluding hydrogens is 366 g/mol. The van der Waals surface area contributed by atoms with Gasteiger partial charge >= 0.3 is 0 Å². The smallest absolute Gasteiger partial charge is 0.258 e. The Morgan fingerprint density at radius 2 is 1.76 bits per heavy atom. The van der Waals surface area contributed by atoms with Gasteiger partial charge in [-0.05, 0) is 43.5 Å². The maximum atomic E-state index is 12.3. The number of para-hydroxylation sites is 1. The highest BCUT2D eigenvalue weighted by molar-refractivity contribution is 5.95. The molecule has 0 spiro atoms. The third-order valence-electron chi connectivity index (χ3n) is 5.55. The molecule has 2 aromatic carbocycles. The first kappa shape index (κ1) is 19.3. The number of piperidine rings is 1. The van der Waals surface area contributed by atoms with Crippen molar-refractivity contribution in [1.82, 2.24) is 5.32 Å². The van der Waals surface area contributed by atoms with Crippen LogP contribution in [0.25, 0.3) is 0 Å².